The number of carboxylic acids is 1. The number of benzene rings is 2. The first kappa shape index (κ1) is 25.0. The largest absolute Gasteiger partial charge is 0.495 e. The van der Waals surface area contributed by atoms with Crippen LogP contribution in [0.25, 0.3) is 0 Å². The molecule has 34 heavy (non-hydrogen) atoms. The van der Waals surface area contributed by atoms with Crippen LogP contribution in [0.3, 0.4) is 0 Å². The highest BCUT2D eigenvalue weighted by atomic mass is 16.5. The van der Waals surface area contributed by atoms with Gasteiger partial charge in [-0.3, -0.25) is 14.5 Å². The van der Waals surface area contributed by atoms with Crippen molar-refractivity contribution in [3.8, 4) is 5.75 Å². The van der Waals surface area contributed by atoms with Crippen LogP contribution < -0.4 is 20.3 Å². The van der Waals surface area contributed by atoms with Crippen LogP contribution in [0.1, 0.15) is 25.3 Å². The zero-order valence-corrected chi connectivity index (χ0v) is 19.8. The van der Waals surface area contributed by atoms with Crippen molar-refractivity contribution >= 4 is 35.0 Å². The highest BCUT2D eigenvalue weighted by Crippen LogP contribution is 2.31. The molecule has 1 aliphatic rings. The minimum absolute atomic E-state index is 0.0429. The summed E-state index contributed by atoms with van der Waals surface area (Å²) in [5.74, 6) is -0.187. The first-order chi connectivity index (χ1) is 16.3. The van der Waals surface area contributed by atoms with Crippen LogP contribution in [0.15, 0.2) is 42.5 Å². The van der Waals surface area contributed by atoms with Crippen LogP contribution in [0.2, 0.25) is 0 Å². The van der Waals surface area contributed by atoms with Gasteiger partial charge in [-0.2, -0.15) is 0 Å². The fourth-order valence-corrected chi connectivity index (χ4v) is 4.14. The highest BCUT2D eigenvalue weighted by Gasteiger charge is 2.25. The van der Waals surface area contributed by atoms with E-state index >= 15 is 0 Å². The Morgan fingerprint density at radius 3 is 2.38 bits per heavy atom. The molecule has 1 saturated heterocycles. The van der Waals surface area contributed by atoms with Gasteiger partial charge in [0.25, 0.3) is 0 Å². The number of carbonyl (C=O) groups excluding carboxylic acids is 2. The summed E-state index contributed by atoms with van der Waals surface area (Å²) in [6, 6.07) is 12.3. The van der Waals surface area contributed by atoms with Crippen LogP contribution in [0.5, 0.6) is 5.75 Å². The number of nitrogens with one attached hydrogen (secondary N) is 2. The van der Waals surface area contributed by atoms with E-state index in [4.69, 9.17) is 9.84 Å². The number of methoxy groups -OCH3 is 1. The molecule has 9 nitrogen and oxygen atoms in total. The third-order valence-electron chi connectivity index (χ3n) is 6.02. The summed E-state index contributed by atoms with van der Waals surface area (Å²) in [5.41, 5.74) is 2.76. The van der Waals surface area contributed by atoms with Gasteiger partial charge in [-0.25, -0.2) is 4.79 Å². The van der Waals surface area contributed by atoms with Crippen molar-refractivity contribution in [2.75, 3.05) is 48.8 Å². The summed E-state index contributed by atoms with van der Waals surface area (Å²) in [6.07, 6.45) is 1.63. The summed E-state index contributed by atoms with van der Waals surface area (Å²) in [4.78, 5) is 39.7. The number of amides is 3. The maximum atomic E-state index is 12.6. The number of nitrogens with zero attached hydrogens (tertiary/aromatic N) is 2. The van der Waals surface area contributed by atoms with E-state index in [2.05, 4.69) is 10.6 Å². The summed E-state index contributed by atoms with van der Waals surface area (Å²) in [5, 5.41) is 14.6. The van der Waals surface area contributed by atoms with Crippen molar-refractivity contribution in [3.05, 3.63) is 48.0 Å². The van der Waals surface area contributed by atoms with Crippen molar-refractivity contribution in [2.24, 2.45) is 5.92 Å². The number of aryl methyl sites for hydroxylation is 1. The molecule has 3 N–H and O–H groups in total. The SMILES string of the molecule is COc1ccc(N(CC2CCN(CC(=O)O)CC2)C(C)=O)cc1NC(=O)Nc1ccccc1C. The number of anilines is 3. The fraction of sp³-hybridized carbons (Fsp3) is 0.400. The van der Waals surface area contributed by atoms with Crippen molar-refractivity contribution in [1.29, 1.82) is 0 Å². The Bertz CT molecular complexity index is 1030. The first-order valence-corrected chi connectivity index (χ1v) is 11.3. The fourth-order valence-electron chi connectivity index (χ4n) is 4.14. The van der Waals surface area contributed by atoms with Crippen LogP contribution >= 0.6 is 0 Å². The first-order valence-electron chi connectivity index (χ1n) is 11.3. The predicted molar refractivity (Wildman–Crippen MR) is 132 cm³/mol. The Labute approximate surface area is 199 Å². The maximum Gasteiger partial charge on any atom is 0.323 e. The number of piperidine rings is 1. The number of carbonyl (C=O) groups is 3. The lowest BCUT2D eigenvalue weighted by Crippen LogP contribution is -2.42. The molecular formula is C25H32N4O5. The predicted octanol–water partition coefficient (Wildman–Crippen LogP) is 3.80. The second kappa shape index (κ2) is 11.5. The molecule has 0 atom stereocenters. The third kappa shape index (κ3) is 6.71. The number of rotatable bonds is 8. The third-order valence-corrected chi connectivity index (χ3v) is 6.02. The standard InChI is InChI=1S/C25H32N4O5/c1-17-6-4-5-7-21(17)26-25(33)27-22-14-20(8-9-23(22)34-3)29(18(2)30)15-19-10-12-28(13-11-19)16-24(31)32/h4-9,14,19H,10-13,15-16H2,1-3H3,(H,31,32)(H2,26,27,33). The van der Waals surface area contributed by atoms with E-state index < -0.39 is 12.0 Å². The molecule has 0 unspecified atom stereocenters. The molecular weight excluding hydrogens is 436 g/mol. The van der Waals surface area contributed by atoms with E-state index in [0.717, 1.165) is 18.4 Å². The number of hydrogen-bond donors (Lipinski definition) is 3. The summed E-state index contributed by atoms with van der Waals surface area (Å²) in [7, 11) is 1.52. The summed E-state index contributed by atoms with van der Waals surface area (Å²) in [6.45, 7) is 5.38. The minimum Gasteiger partial charge on any atom is -0.495 e. The normalized spacial score (nSPS) is 14.3. The number of aliphatic carboxylic acids is 1. The molecule has 1 heterocycles. The van der Waals surface area contributed by atoms with Gasteiger partial charge in [-0.15, -0.1) is 0 Å². The number of ether oxygens (including phenoxy) is 1. The Hall–Kier alpha value is -3.59. The van der Waals surface area contributed by atoms with Gasteiger partial charge < -0.3 is 25.4 Å². The Balaban J connectivity index is 1.71. The second-order valence-corrected chi connectivity index (χ2v) is 8.52. The zero-order chi connectivity index (χ0) is 24.7. The lowest BCUT2D eigenvalue weighted by Gasteiger charge is -2.34. The molecule has 0 saturated carbocycles. The van der Waals surface area contributed by atoms with Gasteiger partial charge in [0.15, 0.2) is 0 Å². The van der Waals surface area contributed by atoms with Crippen LogP contribution in [0, 0.1) is 12.8 Å². The smallest absolute Gasteiger partial charge is 0.323 e. The van der Waals surface area contributed by atoms with E-state index in [-0.39, 0.29) is 18.4 Å². The van der Waals surface area contributed by atoms with Crippen molar-refractivity contribution in [1.82, 2.24) is 4.90 Å². The number of urea groups is 1. The monoisotopic (exact) mass is 468 g/mol. The van der Waals surface area contributed by atoms with Crippen molar-refractivity contribution < 1.29 is 24.2 Å². The van der Waals surface area contributed by atoms with E-state index in [0.29, 0.717) is 42.4 Å². The van der Waals surface area contributed by atoms with Gasteiger partial charge in [0, 0.05) is 24.8 Å². The van der Waals surface area contributed by atoms with Crippen LogP contribution in [-0.2, 0) is 9.59 Å². The molecule has 1 aliphatic heterocycles. The second-order valence-electron chi connectivity index (χ2n) is 8.52. The van der Waals surface area contributed by atoms with Gasteiger partial charge in [0.1, 0.15) is 5.75 Å². The average Bonchev–Trinajstić information content (AvgIpc) is 2.79. The molecule has 2 aromatic rings. The van der Waals surface area contributed by atoms with Gasteiger partial charge in [-0.1, -0.05) is 18.2 Å². The van der Waals surface area contributed by atoms with Crippen molar-refractivity contribution in [3.63, 3.8) is 0 Å². The number of para-hydroxylation sites is 1. The molecule has 2 aromatic carbocycles. The van der Waals surface area contributed by atoms with Crippen LogP contribution in [-0.4, -0.2) is 61.2 Å². The molecule has 0 bridgehead atoms. The number of carboxylic acid groups (broad SMARTS) is 1. The molecule has 1 fully saturated rings. The highest BCUT2D eigenvalue weighted by molar-refractivity contribution is 6.02. The zero-order valence-electron chi connectivity index (χ0n) is 19.8. The van der Waals surface area contributed by atoms with Gasteiger partial charge in [0.05, 0.1) is 19.3 Å². The Kier molecular flexibility index (Phi) is 8.48. The topological polar surface area (TPSA) is 111 Å². The summed E-state index contributed by atoms with van der Waals surface area (Å²) >= 11 is 0. The lowest BCUT2D eigenvalue weighted by atomic mass is 9.96. The van der Waals surface area contributed by atoms with E-state index in [1.807, 2.05) is 36.1 Å². The summed E-state index contributed by atoms with van der Waals surface area (Å²) < 4.78 is 5.41. The average molecular weight is 469 g/mol. The van der Waals surface area contributed by atoms with E-state index in [1.165, 1.54) is 14.0 Å². The molecule has 0 radical (unpaired) electrons. The molecule has 182 valence electrons. The molecule has 0 spiro atoms. The van der Waals surface area contributed by atoms with Gasteiger partial charge in [-0.05, 0) is 68.6 Å². The van der Waals surface area contributed by atoms with E-state index in [9.17, 15) is 14.4 Å². The van der Waals surface area contributed by atoms with E-state index in [1.54, 1.807) is 23.1 Å². The van der Waals surface area contributed by atoms with Crippen molar-refractivity contribution in [2.45, 2.75) is 26.7 Å². The lowest BCUT2D eigenvalue weighted by molar-refractivity contribution is -0.138. The maximum absolute atomic E-state index is 12.6. The van der Waals surface area contributed by atoms with Crippen LogP contribution in [0.4, 0.5) is 21.9 Å². The molecule has 9 heteroatoms. The number of hydrogen-bond acceptors (Lipinski definition) is 5. The Morgan fingerprint density at radius 2 is 1.76 bits per heavy atom. The van der Waals surface area contributed by atoms with Gasteiger partial charge in [0.2, 0.25) is 5.91 Å². The molecule has 0 aromatic heterocycles. The molecule has 3 amide bonds. The Morgan fingerprint density at radius 1 is 1.09 bits per heavy atom. The van der Waals surface area contributed by atoms with Gasteiger partial charge >= 0.3 is 12.0 Å². The molecule has 0 aliphatic carbocycles. The minimum atomic E-state index is -0.825. The molecule has 3 rings (SSSR count). The quantitative estimate of drug-likeness (QED) is 0.544. The number of likely N-dealkylation sites (tertiary alicyclic amines) is 1.